The molecule has 1 saturated heterocycles. The van der Waals surface area contributed by atoms with Crippen LogP contribution in [0, 0.1) is 17.8 Å². The summed E-state index contributed by atoms with van der Waals surface area (Å²) in [5.74, 6) is -5.17. The Morgan fingerprint density at radius 2 is 1.93 bits per heavy atom. The van der Waals surface area contributed by atoms with Gasteiger partial charge in [0.2, 0.25) is 14.2 Å². The van der Waals surface area contributed by atoms with Crippen LogP contribution < -0.4 is 0 Å². The van der Waals surface area contributed by atoms with E-state index in [-0.39, 0.29) is 25.1 Å². The van der Waals surface area contributed by atoms with Crippen molar-refractivity contribution in [2.75, 3.05) is 13.2 Å². The van der Waals surface area contributed by atoms with Crippen LogP contribution >= 0.6 is 0 Å². The monoisotopic (exact) mass is 437 g/mol. The zero-order chi connectivity index (χ0) is 22.6. The average molecular weight is 438 g/mol. The van der Waals surface area contributed by atoms with Crippen molar-refractivity contribution in [2.45, 2.75) is 52.6 Å². The molecule has 1 aliphatic heterocycles. The second-order valence-corrected chi connectivity index (χ2v) is 12.7. The predicted molar refractivity (Wildman–Crippen MR) is 104 cm³/mol. The number of carbonyl (C=O) groups excluding carboxylic acids is 2. The number of nitrogens with zero attached hydrogens (tertiary/aromatic N) is 1. The maximum atomic E-state index is 13.8. The van der Waals surface area contributed by atoms with Crippen molar-refractivity contribution in [3.8, 4) is 0 Å². The van der Waals surface area contributed by atoms with Gasteiger partial charge in [0.05, 0.1) is 17.9 Å². The topological polar surface area (TPSA) is 65.1 Å². The second kappa shape index (κ2) is 9.68. The molecule has 0 aromatic rings. The zero-order valence-corrected chi connectivity index (χ0v) is 18.7. The molecule has 1 aliphatic rings. The molecule has 0 aromatic heterocycles. The Morgan fingerprint density at radius 1 is 1.34 bits per heavy atom. The Bertz CT molecular complexity index is 643. The van der Waals surface area contributed by atoms with Crippen LogP contribution in [0.1, 0.15) is 20.8 Å². The molecule has 1 heterocycles. The van der Waals surface area contributed by atoms with E-state index >= 15 is 0 Å². The van der Waals surface area contributed by atoms with Crippen LogP contribution in [0.2, 0.25) is 19.6 Å². The van der Waals surface area contributed by atoms with Crippen LogP contribution in [0.3, 0.4) is 0 Å². The highest BCUT2D eigenvalue weighted by Gasteiger charge is 2.49. The lowest BCUT2D eigenvalue weighted by Crippen LogP contribution is -2.47. The van der Waals surface area contributed by atoms with Crippen LogP contribution in [0.25, 0.3) is 0 Å². The molecule has 0 bridgehead atoms. The van der Waals surface area contributed by atoms with Crippen molar-refractivity contribution in [1.29, 1.82) is 0 Å². The molecule has 10 heteroatoms. The van der Waals surface area contributed by atoms with Gasteiger partial charge in [0, 0.05) is 6.08 Å². The van der Waals surface area contributed by atoms with Gasteiger partial charge < -0.3 is 13.9 Å². The van der Waals surface area contributed by atoms with Gasteiger partial charge in [-0.1, -0.05) is 33.4 Å². The van der Waals surface area contributed by atoms with Crippen molar-refractivity contribution < 1.29 is 36.7 Å². The SMILES string of the molecule is C=CCO/C(=C/[C@H]([C@@H](C)C(=O)N1C(=O)OC[C@@H]1C(C)C)C(F)(F)F)O[Si](C)(C)C. The molecule has 0 spiro atoms. The van der Waals surface area contributed by atoms with E-state index in [4.69, 9.17) is 13.9 Å². The van der Waals surface area contributed by atoms with Crippen molar-refractivity contribution in [2.24, 2.45) is 17.8 Å². The minimum atomic E-state index is -4.75. The van der Waals surface area contributed by atoms with Crippen LogP contribution in [-0.2, 0) is 18.7 Å². The zero-order valence-electron chi connectivity index (χ0n) is 17.7. The third kappa shape index (κ3) is 7.09. The molecular formula is C19H30F3NO5Si. The molecular weight excluding hydrogens is 407 g/mol. The average Bonchev–Trinajstić information content (AvgIpc) is 2.95. The summed E-state index contributed by atoms with van der Waals surface area (Å²) in [6.45, 7) is 13.4. The van der Waals surface area contributed by atoms with Crippen molar-refractivity contribution >= 4 is 20.3 Å². The standard InChI is InChI=1S/C19H30F3NO5Si/c1-8-9-26-16(28-29(5,6)7)10-14(19(20,21)22)13(4)17(24)23-15(12(2)3)11-27-18(23)25/h8,10,12-15H,1,9,11H2,2-7H3/b16-10-/t13-,14-,15-/m1/s1. The number of cyclic esters (lactones) is 1. The predicted octanol–water partition coefficient (Wildman–Crippen LogP) is 4.70. The number of hydrogen-bond donors (Lipinski definition) is 0. The highest BCUT2D eigenvalue weighted by atomic mass is 28.4. The first kappa shape index (κ1) is 25.1. The number of ether oxygens (including phenoxy) is 2. The molecule has 166 valence electrons. The van der Waals surface area contributed by atoms with Gasteiger partial charge in [0.25, 0.3) is 5.95 Å². The number of amides is 2. The highest BCUT2D eigenvalue weighted by Crippen LogP contribution is 2.37. The van der Waals surface area contributed by atoms with E-state index in [0.29, 0.717) is 0 Å². The second-order valence-electron chi connectivity index (χ2n) is 8.25. The van der Waals surface area contributed by atoms with Crippen molar-refractivity contribution in [3.05, 3.63) is 24.7 Å². The fourth-order valence-corrected chi connectivity index (χ4v) is 3.51. The van der Waals surface area contributed by atoms with Crippen molar-refractivity contribution in [3.63, 3.8) is 0 Å². The van der Waals surface area contributed by atoms with Gasteiger partial charge in [-0.25, -0.2) is 9.69 Å². The molecule has 6 nitrogen and oxygen atoms in total. The number of imide groups is 1. The Hall–Kier alpha value is -1.97. The Morgan fingerprint density at radius 3 is 2.38 bits per heavy atom. The van der Waals surface area contributed by atoms with Gasteiger partial charge in [-0.3, -0.25) is 4.79 Å². The fraction of sp³-hybridized carbons (Fsp3) is 0.684. The number of hydrogen-bond acceptors (Lipinski definition) is 5. The fourth-order valence-electron chi connectivity index (χ4n) is 2.78. The third-order valence-electron chi connectivity index (χ3n) is 4.28. The Labute approximate surface area is 170 Å². The first-order valence-corrected chi connectivity index (χ1v) is 12.8. The third-order valence-corrected chi connectivity index (χ3v) is 5.10. The summed E-state index contributed by atoms with van der Waals surface area (Å²) in [7, 11) is -2.29. The lowest BCUT2D eigenvalue weighted by atomic mass is 9.91. The van der Waals surface area contributed by atoms with Crippen molar-refractivity contribution in [1.82, 2.24) is 4.90 Å². The Balaban J connectivity index is 3.26. The van der Waals surface area contributed by atoms with Gasteiger partial charge in [0.15, 0.2) is 0 Å². The van der Waals surface area contributed by atoms with Crippen LogP contribution in [0.15, 0.2) is 24.7 Å². The molecule has 1 rings (SSSR count). The van der Waals surface area contributed by atoms with E-state index in [1.54, 1.807) is 33.5 Å². The summed E-state index contributed by atoms with van der Waals surface area (Å²) in [4.78, 5) is 25.6. The number of allylic oxidation sites excluding steroid dienone is 1. The first-order chi connectivity index (χ1) is 13.2. The normalized spacial score (nSPS) is 20.3. The van der Waals surface area contributed by atoms with Gasteiger partial charge in [-0.15, -0.1) is 0 Å². The molecule has 0 aliphatic carbocycles. The molecule has 3 atom stereocenters. The molecule has 29 heavy (non-hydrogen) atoms. The van der Waals surface area contributed by atoms with Gasteiger partial charge in [-0.2, -0.15) is 13.2 Å². The number of halogens is 3. The molecule has 0 unspecified atom stereocenters. The van der Waals surface area contributed by atoms with E-state index < -0.39 is 44.4 Å². The number of alkyl halides is 3. The van der Waals surface area contributed by atoms with E-state index in [1.807, 2.05) is 0 Å². The molecule has 0 radical (unpaired) electrons. The smallest absolute Gasteiger partial charge is 0.416 e. The van der Waals surface area contributed by atoms with E-state index in [0.717, 1.165) is 17.9 Å². The van der Waals surface area contributed by atoms with Gasteiger partial charge in [0.1, 0.15) is 13.2 Å². The quantitative estimate of drug-likeness (QED) is 0.297. The van der Waals surface area contributed by atoms with Crippen LogP contribution in [-0.4, -0.2) is 50.6 Å². The molecule has 0 saturated carbocycles. The van der Waals surface area contributed by atoms with Gasteiger partial charge in [-0.05, 0) is 25.6 Å². The number of rotatable bonds is 9. The summed E-state index contributed by atoms with van der Waals surface area (Å²) in [6, 6.07) is -0.606. The molecule has 1 fully saturated rings. The number of carbonyl (C=O) groups is 2. The maximum absolute atomic E-state index is 13.8. The summed E-state index contributed by atoms with van der Waals surface area (Å²) >= 11 is 0. The summed E-state index contributed by atoms with van der Waals surface area (Å²) in [5, 5.41) is 0. The first-order valence-electron chi connectivity index (χ1n) is 9.40. The summed E-state index contributed by atoms with van der Waals surface area (Å²) in [6.07, 6.45) is -3.52. The van der Waals surface area contributed by atoms with E-state index in [1.165, 1.54) is 6.08 Å². The largest absolute Gasteiger partial charge is 0.520 e. The maximum Gasteiger partial charge on any atom is 0.416 e. The van der Waals surface area contributed by atoms with E-state index in [2.05, 4.69) is 6.58 Å². The minimum absolute atomic E-state index is 0.0338. The summed E-state index contributed by atoms with van der Waals surface area (Å²) < 4.78 is 57.3. The minimum Gasteiger partial charge on any atom is -0.520 e. The molecule has 2 amide bonds. The molecule has 0 aromatic carbocycles. The Kier molecular flexibility index (Phi) is 8.37. The van der Waals surface area contributed by atoms with Crippen LogP contribution in [0.5, 0.6) is 0 Å². The molecule has 0 N–H and O–H groups in total. The summed E-state index contributed by atoms with van der Waals surface area (Å²) in [5.41, 5.74) is 0. The van der Waals surface area contributed by atoms with Crippen LogP contribution in [0.4, 0.5) is 18.0 Å². The van der Waals surface area contributed by atoms with Gasteiger partial charge >= 0.3 is 12.3 Å². The lowest BCUT2D eigenvalue weighted by Gasteiger charge is -2.30. The highest BCUT2D eigenvalue weighted by molar-refractivity contribution is 6.70. The lowest BCUT2D eigenvalue weighted by molar-refractivity contribution is -0.180. The van der Waals surface area contributed by atoms with E-state index in [9.17, 15) is 22.8 Å².